The summed E-state index contributed by atoms with van der Waals surface area (Å²) in [5, 5.41) is 0. The molecule has 1 aromatic rings. The van der Waals surface area contributed by atoms with Gasteiger partial charge in [0.2, 0.25) is 0 Å². The molecule has 0 atom stereocenters. The van der Waals surface area contributed by atoms with Gasteiger partial charge in [-0.25, -0.2) is 0 Å². The lowest BCUT2D eigenvalue weighted by molar-refractivity contribution is -0.113. The van der Waals surface area contributed by atoms with Crippen molar-refractivity contribution in [3.63, 3.8) is 0 Å². The summed E-state index contributed by atoms with van der Waals surface area (Å²) >= 11 is 0. The first kappa shape index (κ1) is 9.98. The molecule has 0 saturated carbocycles. The molecule has 4 nitrogen and oxygen atoms in total. The highest BCUT2D eigenvalue weighted by Crippen LogP contribution is 1.90. The molecule has 70 valence electrons. The quantitative estimate of drug-likeness (QED) is 0.563. The maximum atomic E-state index is 10.3. The summed E-state index contributed by atoms with van der Waals surface area (Å²) in [6, 6.07) is 0. The third-order valence-corrected chi connectivity index (χ3v) is 1.30. The molecule has 0 amide bonds. The largest absolute Gasteiger partial charge is 0.290 e. The van der Waals surface area contributed by atoms with Crippen LogP contribution in [-0.4, -0.2) is 21.5 Å². The van der Waals surface area contributed by atoms with Crippen molar-refractivity contribution in [1.82, 2.24) is 9.97 Å². The van der Waals surface area contributed by atoms with Crippen LogP contribution in [0.2, 0.25) is 0 Å². The molecule has 1 aliphatic rings. The molecule has 1 aliphatic carbocycles. The molecule has 0 unspecified atom stereocenters. The number of nitrogens with zero attached hydrogens (tertiary/aromatic N) is 2. The van der Waals surface area contributed by atoms with E-state index in [-0.39, 0.29) is 11.6 Å². The first-order valence-electron chi connectivity index (χ1n) is 3.93. The summed E-state index contributed by atoms with van der Waals surface area (Å²) < 4.78 is 0. The van der Waals surface area contributed by atoms with Crippen molar-refractivity contribution >= 4 is 11.6 Å². The van der Waals surface area contributed by atoms with Gasteiger partial charge in [0.25, 0.3) is 0 Å². The Labute approximate surface area is 81.0 Å². The maximum Gasteiger partial charge on any atom is 0.178 e. The van der Waals surface area contributed by atoms with E-state index >= 15 is 0 Å². The number of allylic oxidation sites excluding steroid dienone is 4. The van der Waals surface area contributed by atoms with E-state index in [1.165, 1.54) is 24.3 Å². The summed E-state index contributed by atoms with van der Waals surface area (Å²) in [5.41, 5.74) is 0. The van der Waals surface area contributed by atoms with Gasteiger partial charge in [0.1, 0.15) is 0 Å². The van der Waals surface area contributed by atoms with Gasteiger partial charge in [-0.2, -0.15) is 0 Å². The maximum absolute atomic E-state index is 10.3. The molecule has 0 spiro atoms. The Morgan fingerprint density at radius 2 is 0.929 bits per heavy atom. The molecule has 0 aromatic carbocycles. The third kappa shape index (κ3) is 4.06. The van der Waals surface area contributed by atoms with Crippen LogP contribution in [0.3, 0.4) is 0 Å². The van der Waals surface area contributed by atoms with E-state index < -0.39 is 0 Å². The molecule has 0 fully saturated rings. The van der Waals surface area contributed by atoms with Crippen LogP contribution >= 0.6 is 0 Å². The van der Waals surface area contributed by atoms with Crippen LogP contribution in [0.1, 0.15) is 0 Å². The Kier molecular flexibility index (Phi) is 3.94. The average Bonchev–Trinajstić information content (AvgIpc) is 2.26. The Hall–Kier alpha value is -2.10. The average molecular weight is 188 g/mol. The molecule has 4 heteroatoms. The molecule has 0 radical (unpaired) electrons. The number of rotatable bonds is 0. The van der Waals surface area contributed by atoms with Crippen LogP contribution in [0, 0.1) is 0 Å². The zero-order valence-electron chi connectivity index (χ0n) is 7.33. The van der Waals surface area contributed by atoms with Gasteiger partial charge >= 0.3 is 0 Å². The van der Waals surface area contributed by atoms with Crippen LogP contribution in [0.4, 0.5) is 0 Å². The number of hydrogen-bond donors (Lipinski definition) is 0. The standard InChI is InChI=1S/C6H4O2.C4H4N2/c7-5-1-2-6(8)4-3-5;1-2-6-4-3-5-1/h1-4H;1-4H. The molecule has 1 aromatic heterocycles. The smallest absolute Gasteiger partial charge is 0.178 e. The monoisotopic (exact) mass is 188 g/mol. The van der Waals surface area contributed by atoms with Crippen molar-refractivity contribution in [3.05, 3.63) is 49.1 Å². The third-order valence-electron chi connectivity index (χ3n) is 1.30. The zero-order valence-corrected chi connectivity index (χ0v) is 7.33. The SMILES string of the molecule is O=C1C=CC(=O)C=C1.c1cnccn1. The Morgan fingerprint density at radius 1 is 0.643 bits per heavy atom. The highest BCUT2D eigenvalue weighted by molar-refractivity contribution is 6.14. The van der Waals surface area contributed by atoms with Crippen molar-refractivity contribution in [2.45, 2.75) is 0 Å². The van der Waals surface area contributed by atoms with E-state index in [0.29, 0.717) is 0 Å². The Balaban J connectivity index is 0.000000146. The van der Waals surface area contributed by atoms with Gasteiger partial charge in [0, 0.05) is 24.8 Å². The first-order valence-corrected chi connectivity index (χ1v) is 3.93. The molecule has 1 heterocycles. The number of ketones is 2. The van der Waals surface area contributed by atoms with Crippen molar-refractivity contribution < 1.29 is 9.59 Å². The predicted molar refractivity (Wildman–Crippen MR) is 50.3 cm³/mol. The second kappa shape index (κ2) is 5.53. The molecule has 14 heavy (non-hydrogen) atoms. The minimum Gasteiger partial charge on any atom is -0.290 e. The highest BCUT2D eigenvalue weighted by Gasteiger charge is 1.97. The minimum absolute atomic E-state index is 0.121. The number of hydrogen-bond acceptors (Lipinski definition) is 4. The number of carbonyl (C=O) groups excluding carboxylic acids is 2. The molecular weight excluding hydrogens is 180 g/mol. The fraction of sp³-hybridized carbons (Fsp3) is 0. The van der Waals surface area contributed by atoms with Crippen LogP contribution in [0.15, 0.2) is 49.1 Å². The van der Waals surface area contributed by atoms with Gasteiger partial charge in [0.15, 0.2) is 11.6 Å². The lowest BCUT2D eigenvalue weighted by Gasteiger charge is -1.87. The minimum atomic E-state index is -0.121. The van der Waals surface area contributed by atoms with E-state index in [9.17, 15) is 9.59 Å². The van der Waals surface area contributed by atoms with Crippen LogP contribution in [0.5, 0.6) is 0 Å². The summed E-state index contributed by atoms with van der Waals surface area (Å²) in [6.07, 6.45) is 11.6. The van der Waals surface area contributed by atoms with Crippen molar-refractivity contribution in [1.29, 1.82) is 0 Å². The molecule has 2 rings (SSSR count). The van der Waals surface area contributed by atoms with Gasteiger partial charge in [-0.3, -0.25) is 19.6 Å². The van der Waals surface area contributed by atoms with E-state index in [1.54, 1.807) is 24.8 Å². The number of carbonyl (C=O) groups is 2. The summed E-state index contributed by atoms with van der Waals surface area (Å²) in [5.74, 6) is -0.241. The van der Waals surface area contributed by atoms with Gasteiger partial charge in [-0.05, 0) is 24.3 Å². The van der Waals surface area contributed by atoms with Crippen molar-refractivity contribution in [2.24, 2.45) is 0 Å². The molecule has 0 bridgehead atoms. The van der Waals surface area contributed by atoms with Crippen molar-refractivity contribution in [2.75, 3.05) is 0 Å². The Morgan fingerprint density at radius 3 is 1.14 bits per heavy atom. The van der Waals surface area contributed by atoms with E-state index in [4.69, 9.17) is 0 Å². The van der Waals surface area contributed by atoms with Crippen molar-refractivity contribution in [3.8, 4) is 0 Å². The normalized spacial score (nSPS) is 13.4. The Bertz CT molecular complexity index is 304. The molecular formula is C10H8N2O2. The van der Waals surface area contributed by atoms with E-state index in [0.717, 1.165) is 0 Å². The zero-order chi connectivity index (χ0) is 10.2. The predicted octanol–water partition coefficient (Wildman–Crippen LogP) is 0.727. The molecule has 0 N–H and O–H groups in total. The molecule has 0 aliphatic heterocycles. The molecule has 0 saturated heterocycles. The van der Waals surface area contributed by atoms with E-state index in [2.05, 4.69) is 9.97 Å². The van der Waals surface area contributed by atoms with E-state index in [1.807, 2.05) is 0 Å². The topological polar surface area (TPSA) is 59.9 Å². The van der Waals surface area contributed by atoms with Crippen LogP contribution < -0.4 is 0 Å². The second-order valence-electron chi connectivity index (χ2n) is 2.37. The van der Waals surface area contributed by atoms with Gasteiger partial charge in [-0.15, -0.1) is 0 Å². The fourth-order valence-electron chi connectivity index (χ4n) is 0.693. The summed E-state index contributed by atoms with van der Waals surface area (Å²) in [4.78, 5) is 28.0. The van der Waals surface area contributed by atoms with Crippen LogP contribution in [-0.2, 0) is 9.59 Å². The summed E-state index contributed by atoms with van der Waals surface area (Å²) in [7, 11) is 0. The van der Waals surface area contributed by atoms with Gasteiger partial charge < -0.3 is 0 Å². The first-order chi connectivity index (χ1) is 6.79. The lowest BCUT2D eigenvalue weighted by atomic mass is 10.2. The lowest BCUT2D eigenvalue weighted by Crippen LogP contribution is -1.97. The highest BCUT2D eigenvalue weighted by atomic mass is 16.1. The van der Waals surface area contributed by atoms with Crippen LogP contribution in [0.25, 0.3) is 0 Å². The number of aromatic nitrogens is 2. The van der Waals surface area contributed by atoms with Gasteiger partial charge in [-0.1, -0.05) is 0 Å². The fourth-order valence-corrected chi connectivity index (χ4v) is 0.693. The summed E-state index contributed by atoms with van der Waals surface area (Å²) in [6.45, 7) is 0. The second-order valence-corrected chi connectivity index (χ2v) is 2.37. The van der Waals surface area contributed by atoms with Gasteiger partial charge in [0.05, 0.1) is 0 Å².